The van der Waals surface area contributed by atoms with E-state index in [0.29, 0.717) is 5.56 Å². The number of carbonyl (C=O) groups excluding carboxylic acids is 1. The Morgan fingerprint density at radius 1 is 1.05 bits per heavy atom. The summed E-state index contributed by atoms with van der Waals surface area (Å²) in [6.45, 7) is 1.98. The van der Waals surface area contributed by atoms with Gasteiger partial charge >= 0.3 is 0 Å². The molecule has 0 aliphatic heterocycles. The molecule has 0 saturated heterocycles. The molecule has 96 valence electrons. The van der Waals surface area contributed by atoms with Crippen molar-refractivity contribution in [1.82, 2.24) is 5.32 Å². The van der Waals surface area contributed by atoms with Gasteiger partial charge in [0.1, 0.15) is 0 Å². The van der Waals surface area contributed by atoms with Crippen molar-refractivity contribution in [3.05, 3.63) is 70.8 Å². The fraction of sp³-hybridized carbons (Fsp3) is 0.118. The Morgan fingerprint density at radius 3 is 2.47 bits per heavy atom. The molecule has 1 N–H and O–H groups in total. The van der Waals surface area contributed by atoms with Crippen molar-refractivity contribution in [2.45, 2.75) is 6.92 Å². The second-order valence-corrected chi connectivity index (χ2v) is 4.41. The average Bonchev–Trinajstić information content (AvgIpc) is 2.46. The van der Waals surface area contributed by atoms with E-state index in [2.05, 4.69) is 5.32 Å². The first-order valence-corrected chi connectivity index (χ1v) is 6.26. The van der Waals surface area contributed by atoms with E-state index in [0.717, 1.165) is 16.7 Å². The first-order chi connectivity index (χ1) is 9.20. The summed E-state index contributed by atoms with van der Waals surface area (Å²) in [5, 5.41) is 2.67. The van der Waals surface area contributed by atoms with Gasteiger partial charge in [-0.15, -0.1) is 0 Å². The topological polar surface area (TPSA) is 29.1 Å². The Morgan fingerprint density at radius 2 is 1.79 bits per heavy atom. The highest BCUT2D eigenvalue weighted by Gasteiger charge is 2.07. The van der Waals surface area contributed by atoms with Crippen LogP contribution in [0.5, 0.6) is 0 Å². The van der Waals surface area contributed by atoms with Crippen LogP contribution in [0.15, 0.2) is 48.5 Å². The zero-order valence-electron chi connectivity index (χ0n) is 11.2. The maximum Gasteiger partial charge on any atom is 0.251 e. The van der Waals surface area contributed by atoms with Crippen LogP contribution in [0.3, 0.4) is 0 Å². The van der Waals surface area contributed by atoms with E-state index in [1.54, 1.807) is 7.05 Å². The van der Waals surface area contributed by atoms with Crippen molar-refractivity contribution in [3.63, 3.8) is 0 Å². The Hall–Kier alpha value is -2.35. The van der Waals surface area contributed by atoms with E-state index in [1.165, 1.54) is 0 Å². The molecule has 2 nitrogen and oxygen atoms in total. The molecular weight excluding hydrogens is 234 g/mol. The second kappa shape index (κ2) is 6.01. The van der Waals surface area contributed by atoms with Crippen LogP contribution < -0.4 is 5.32 Å². The lowest BCUT2D eigenvalue weighted by Crippen LogP contribution is -2.19. The molecule has 0 spiro atoms. The summed E-state index contributed by atoms with van der Waals surface area (Å²) in [7, 11) is 1.65. The zero-order chi connectivity index (χ0) is 13.7. The Kier molecular flexibility index (Phi) is 4.14. The van der Waals surface area contributed by atoms with Crippen molar-refractivity contribution in [2.24, 2.45) is 0 Å². The first kappa shape index (κ1) is 13.1. The molecule has 0 atom stereocenters. The fourth-order valence-electron chi connectivity index (χ4n) is 1.90. The minimum atomic E-state index is -0.0589. The molecule has 2 aromatic rings. The van der Waals surface area contributed by atoms with Crippen LogP contribution in [-0.4, -0.2) is 13.0 Å². The van der Waals surface area contributed by atoms with Gasteiger partial charge in [0.15, 0.2) is 0 Å². The van der Waals surface area contributed by atoms with Gasteiger partial charge in [-0.25, -0.2) is 0 Å². The molecule has 2 aromatic carbocycles. The molecule has 1 amide bonds. The molecule has 0 aliphatic rings. The van der Waals surface area contributed by atoms with Gasteiger partial charge in [0.25, 0.3) is 5.91 Å². The monoisotopic (exact) mass is 251 g/mol. The van der Waals surface area contributed by atoms with E-state index in [-0.39, 0.29) is 5.91 Å². The molecular formula is C17H17NO. The third kappa shape index (κ3) is 3.32. The lowest BCUT2D eigenvalue weighted by Gasteiger charge is -2.06. The van der Waals surface area contributed by atoms with Crippen LogP contribution in [0, 0.1) is 6.92 Å². The quantitative estimate of drug-likeness (QED) is 0.831. The maximum atomic E-state index is 11.9. The number of aryl methyl sites for hydroxylation is 1. The van der Waals surface area contributed by atoms with Crippen molar-refractivity contribution >= 4 is 18.1 Å². The number of nitrogens with one attached hydrogen (secondary N) is 1. The van der Waals surface area contributed by atoms with Crippen molar-refractivity contribution < 1.29 is 4.79 Å². The lowest BCUT2D eigenvalue weighted by molar-refractivity contribution is 0.0963. The summed E-state index contributed by atoms with van der Waals surface area (Å²) in [5.74, 6) is -0.0589. The van der Waals surface area contributed by atoms with Crippen LogP contribution in [0.1, 0.15) is 27.0 Å². The van der Waals surface area contributed by atoms with Gasteiger partial charge in [0.2, 0.25) is 0 Å². The van der Waals surface area contributed by atoms with Gasteiger partial charge < -0.3 is 5.32 Å². The van der Waals surface area contributed by atoms with E-state index in [4.69, 9.17) is 0 Å². The number of carbonyl (C=O) groups is 1. The second-order valence-electron chi connectivity index (χ2n) is 4.41. The number of rotatable bonds is 3. The first-order valence-electron chi connectivity index (χ1n) is 6.26. The van der Waals surface area contributed by atoms with Crippen LogP contribution in [-0.2, 0) is 0 Å². The van der Waals surface area contributed by atoms with Crippen LogP contribution in [0.4, 0.5) is 0 Å². The van der Waals surface area contributed by atoms with Crippen LogP contribution in [0.25, 0.3) is 12.2 Å². The van der Waals surface area contributed by atoms with Gasteiger partial charge in [-0.1, -0.05) is 60.2 Å². The minimum Gasteiger partial charge on any atom is -0.355 e. The van der Waals surface area contributed by atoms with Crippen molar-refractivity contribution in [1.29, 1.82) is 0 Å². The smallest absolute Gasteiger partial charge is 0.251 e. The molecule has 19 heavy (non-hydrogen) atoms. The van der Waals surface area contributed by atoms with Crippen molar-refractivity contribution in [2.75, 3.05) is 7.05 Å². The summed E-state index contributed by atoms with van der Waals surface area (Å²) in [6, 6.07) is 15.9. The molecule has 2 heteroatoms. The van der Waals surface area contributed by atoms with E-state index >= 15 is 0 Å². The Bertz CT molecular complexity index is 600. The molecule has 0 radical (unpaired) electrons. The molecule has 0 aromatic heterocycles. The summed E-state index contributed by atoms with van der Waals surface area (Å²) < 4.78 is 0. The standard InChI is InChI=1S/C17H17NO/c1-13-8-10-15(16(12-13)17(19)18-2)11-9-14-6-4-3-5-7-14/h3-12H,1-2H3,(H,18,19)/b11-9+. The predicted molar refractivity (Wildman–Crippen MR) is 79.9 cm³/mol. The lowest BCUT2D eigenvalue weighted by atomic mass is 10.0. The molecule has 2 rings (SSSR count). The minimum absolute atomic E-state index is 0.0589. The average molecular weight is 251 g/mol. The van der Waals surface area contributed by atoms with Gasteiger partial charge in [-0.3, -0.25) is 4.79 Å². The van der Waals surface area contributed by atoms with E-state index in [1.807, 2.05) is 67.6 Å². The summed E-state index contributed by atoms with van der Waals surface area (Å²) in [6.07, 6.45) is 3.98. The molecule has 0 saturated carbocycles. The van der Waals surface area contributed by atoms with Gasteiger partial charge in [-0.05, 0) is 24.1 Å². The highest BCUT2D eigenvalue weighted by atomic mass is 16.1. The third-order valence-corrected chi connectivity index (χ3v) is 2.94. The fourth-order valence-corrected chi connectivity index (χ4v) is 1.90. The molecule has 0 bridgehead atoms. The largest absolute Gasteiger partial charge is 0.355 e. The number of hydrogen-bond acceptors (Lipinski definition) is 1. The highest BCUT2D eigenvalue weighted by Crippen LogP contribution is 2.15. The summed E-state index contributed by atoms with van der Waals surface area (Å²) in [4.78, 5) is 11.9. The van der Waals surface area contributed by atoms with Gasteiger partial charge in [0.05, 0.1) is 0 Å². The molecule has 0 fully saturated rings. The summed E-state index contributed by atoms with van der Waals surface area (Å²) in [5.41, 5.74) is 3.82. The molecule has 0 heterocycles. The van der Waals surface area contributed by atoms with E-state index < -0.39 is 0 Å². The molecule has 0 aliphatic carbocycles. The van der Waals surface area contributed by atoms with Crippen LogP contribution >= 0.6 is 0 Å². The summed E-state index contributed by atoms with van der Waals surface area (Å²) >= 11 is 0. The third-order valence-electron chi connectivity index (χ3n) is 2.94. The predicted octanol–water partition coefficient (Wildman–Crippen LogP) is 3.53. The maximum absolute atomic E-state index is 11.9. The SMILES string of the molecule is CNC(=O)c1cc(C)ccc1/C=C/c1ccccc1. The van der Waals surface area contributed by atoms with Crippen LogP contribution in [0.2, 0.25) is 0 Å². The number of amides is 1. The molecule has 0 unspecified atom stereocenters. The number of hydrogen-bond donors (Lipinski definition) is 1. The highest BCUT2D eigenvalue weighted by molar-refractivity contribution is 5.98. The number of benzene rings is 2. The Balaban J connectivity index is 2.35. The van der Waals surface area contributed by atoms with E-state index in [9.17, 15) is 4.79 Å². The van der Waals surface area contributed by atoms with Gasteiger partial charge in [0, 0.05) is 12.6 Å². The van der Waals surface area contributed by atoms with Crippen molar-refractivity contribution in [3.8, 4) is 0 Å². The Labute approximate surface area is 113 Å². The normalized spacial score (nSPS) is 10.6. The zero-order valence-corrected chi connectivity index (χ0v) is 11.2. The van der Waals surface area contributed by atoms with Gasteiger partial charge in [-0.2, -0.15) is 0 Å².